The van der Waals surface area contributed by atoms with Gasteiger partial charge in [0.2, 0.25) is 12.2 Å². The predicted molar refractivity (Wildman–Crippen MR) is 67.4 cm³/mol. The maximum absolute atomic E-state index is 10.3. The topological polar surface area (TPSA) is 58.9 Å². The summed E-state index contributed by atoms with van der Waals surface area (Å²) < 4.78 is 0. The molecule has 0 aromatic rings. The van der Waals surface area contributed by atoms with E-state index >= 15 is 0 Å². The Morgan fingerprint density at radius 3 is 2.06 bits per heavy atom. The third-order valence-electron chi connectivity index (χ3n) is 3.31. The number of carbonyl (C=O) groups excluding carboxylic acids is 2. The van der Waals surface area contributed by atoms with Gasteiger partial charge in [-0.2, -0.15) is 9.98 Å². The van der Waals surface area contributed by atoms with Crippen LogP contribution in [-0.4, -0.2) is 23.2 Å². The fraction of sp³-hybridized carbons (Fsp3) is 0.846. The molecule has 0 radical (unpaired) electrons. The smallest absolute Gasteiger partial charge is 0.211 e. The van der Waals surface area contributed by atoms with Crippen molar-refractivity contribution in [2.45, 2.75) is 65.0 Å². The number of hydrogen-bond donors (Lipinski definition) is 0. The van der Waals surface area contributed by atoms with Gasteiger partial charge in [-0.05, 0) is 46.5 Å². The Morgan fingerprint density at radius 2 is 1.59 bits per heavy atom. The van der Waals surface area contributed by atoms with Crippen LogP contribution in [0.5, 0.6) is 0 Å². The molecule has 96 valence electrons. The first-order valence-electron chi connectivity index (χ1n) is 5.93. The lowest BCUT2D eigenvalue weighted by molar-refractivity contribution is 0.307. The minimum Gasteiger partial charge on any atom is -0.211 e. The molecule has 0 saturated heterocycles. The standard InChI is InChI=1S/C13H22N2O2/c1-11(13(4,5)15-10-17)7-6-8-12(2,3)14-9-16/h11H,6-8H2,1-5H3. The molecule has 0 amide bonds. The Hall–Kier alpha value is -1.24. The Kier molecular flexibility index (Phi) is 6.01. The number of nitrogens with zero attached hydrogens (tertiary/aromatic N) is 2. The van der Waals surface area contributed by atoms with E-state index < -0.39 is 0 Å². The van der Waals surface area contributed by atoms with E-state index in [-0.39, 0.29) is 11.1 Å². The third kappa shape index (κ3) is 6.15. The molecule has 4 heteroatoms. The summed E-state index contributed by atoms with van der Waals surface area (Å²) in [7, 11) is 0. The SMILES string of the molecule is CC(CCCC(C)(C)N=C=O)C(C)(C)N=C=O. The van der Waals surface area contributed by atoms with Gasteiger partial charge in [0.05, 0.1) is 11.1 Å². The van der Waals surface area contributed by atoms with Crippen LogP contribution in [0.1, 0.15) is 53.9 Å². The van der Waals surface area contributed by atoms with Crippen LogP contribution in [0.4, 0.5) is 0 Å². The van der Waals surface area contributed by atoms with Gasteiger partial charge in [-0.1, -0.05) is 13.3 Å². The monoisotopic (exact) mass is 238 g/mol. The van der Waals surface area contributed by atoms with Crippen molar-refractivity contribution in [2.75, 3.05) is 0 Å². The molecule has 4 nitrogen and oxygen atoms in total. The lowest BCUT2D eigenvalue weighted by atomic mass is 9.84. The Morgan fingerprint density at radius 1 is 1.06 bits per heavy atom. The number of hydrogen-bond acceptors (Lipinski definition) is 4. The zero-order valence-corrected chi connectivity index (χ0v) is 11.4. The van der Waals surface area contributed by atoms with Gasteiger partial charge in [0.1, 0.15) is 0 Å². The predicted octanol–water partition coefficient (Wildman–Crippen LogP) is 3.02. The van der Waals surface area contributed by atoms with E-state index in [2.05, 4.69) is 16.9 Å². The molecule has 0 aromatic carbocycles. The summed E-state index contributed by atoms with van der Waals surface area (Å²) >= 11 is 0. The second-order valence-electron chi connectivity index (χ2n) is 5.67. The van der Waals surface area contributed by atoms with E-state index in [0.717, 1.165) is 19.3 Å². The van der Waals surface area contributed by atoms with Crippen molar-refractivity contribution in [3.63, 3.8) is 0 Å². The first-order chi connectivity index (χ1) is 7.75. The maximum Gasteiger partial charge on any atom is 0.235 e. The van der Waals surface area contributed by atoms with Gasteiger partial charge >= 0.3 is 0 Å². The normalized spacial score (nSPS) is 13.5. The minimum absolute atomic E-state index is 0.292. The summed E-state index contributed by atoms with van der Waals surface area (Å²) in [6.45, 7) is 9.75. The van der Waals surface area contributed by atoms with Crippen molar-refractivity contribution in [1.29, 1.82) is 0 Å². The fourth-order valence-electron chi connectivity index (χ4n) is 1.60. The van der Waals surface area contributed by atoms with Crippen LogP contribution in [0, 0.1) is 5.92 Å². The van der Waals surface area contributed by atoms with Crippen LogP contribution in [-0.2, 0) is 9.59 Å². The minimum atomic E-state index is -0.375. The molecule has 0 N–H and O–H groups in total. The fourth-order valence-corrected chi connectivity index (χ4v) is 1.60. The van der Waals surface area contributed by atoms with Gasteiger partial charge < -0.3 is 0 Å². The first kappa shape index (κ1) is 15.8. The molecular formula is C13H22N2O2. The highest BCUT2D eigenvalue weighted by Crippen LogP contribution is 2.27. The van der Waals surface area contributed by atoms with Crippen molar-refractivity contribution in [1.82, 2.24) is 0 Å². The van der Waals surface area contributed by atoms with Gasteiger partial charge in [0.15, 0.2) is 0 Å². The average Bonchev–Trinajstić information content (AvgIpc) is 2.16. The van der Waals surface area contributed by atoms with E-state index in [9.17, 15) is 9.59 Å². The van der Waals surface area contributed by atoms with Crippen molar-refractivity contribution in [3.8, 4) is 0 Å². The van der Waals surface area contributed by atoms with Crippen LogP contribution < -0.4 is 0 Å². The summed E-state index contributed by atoms with van der Waals surface area (Å²) in [5.74, 6) is 0.292. The summed E-state index contributed by atoms with van der Waals surface area (Å²) in [5, 5.41) is 0. The average molecular weight is 238 g/mol. The van der Waals surface area contributed by atoms with Gasteiger partial charge in [-0.15, -0.1) is 0 Å². The molecule has 1 atom stereocenters. The largest absolute Gasteiger partial charge is 0.235 e. The summed E-state index contributed by atoms with van der Waals surface area (Å²) in [6, 6.07) is 0. The second-order valence-corrected chi connectivity index (χ2v) is 5.67. The number of isocyanates is 2. The van der Waals surface area contributed by atoms with E-state index in [1.54, 1.807) is 12.2 Å². The van der Waals surface area contributed by atoms with Gasteiger partial charge in [0, 0.05) is 0 Å². The Balaban J connectivity index is 4.22. The van der Waals surface area contributed by atoms with Crippen molar-refractivity contribution in [3.05, 3.63) is 0 Å². The highest BCUT2D eigenvalue weighted by Gasteiger charge is 2.25. The summed E-state index contributed by atoms with van der Waals surface area (Å²) in [5.41, 5.74) is -0.723. The number of rotatable bonds is 7. The van der Waals surface area contributed by atoms with Crippen LogP contribution in [0.15, 0.2) is 9.98 Å². The molecule has 0 heterocycles. The molecule has 0 saturated carbocycles. The Labute approximate surface area is 103 Å². The molecule has 0 rings (SSSR count). The van der Waals surface area contributed by atoms with E-state index in [1.165, 1.54) is 0 Å². The lowest BCUT2D eigenvalue weighted by Crippen LogP contribution is -2.27. The molecule has 0 aromatic heterocycles. The quantitative estimate of drug-likeness (QED) is 0.505. The molecule has 17 heavy (non-hydrogen) atoms. The molecule has 0 aliphatic heterocycles. The van der Waals surface area contributed by atoms with Gasteiger partial charge in [-0.3, -0.25) is 0 Å². The molecule has 0 fully saturated rings. The lowest BCUT2D eigenvalue weighted by Gasteiger charge is -2.27. The summed E-state index contributed by atoms with van der Waals surface area (Å²) in [4.78, 5) is 28.1. The number of aliphatic imine (C=N–C) groups is 2. The molecule has 0 spiro atoms. The van der Waals surface area contributed by atoms with Gasteiger partial charge in [-0.25, -0.2) is 9.59 Å². The van der Waals surface area contributed by atoms with Crippen LogP contribution in [0.3, 0.4) is 0 Å². The maximum atomic E-state index is 10.3. The summed E-state index contributed by atoms with van der Waals surface area (Å²) in [6.07, 6.45) is 5.93. The third-order valence-corrected chi connectivity index (χ3v) is 3.31. The molecule has 0 aliphatic carbocycles. The van der Waals surface area contributed by atoms with Crippen LogP contribution in [0.2, 0.25) is 0 Å². The van der Waals surface area contributed by atoms with Crippen LogP contribution in [0.25, 0.3) is 0 Å². The Bertz CT molecular complexity index is 335. The molecule has 0 aliphatic rings. The molecule has 0 bridgehead atoms. The zero-order valence-electron chi connectivity index (χ0n) is 11.4. The highest BCUT2D eigenvalue weighted by molar-refractivity contribution is 5.35. The van der Waals surface area contributed by atoms with Crippen molar-refractivity contribution < 1.29 is 9.59 Å². The van der Waals surface area contributed by atoms with Crippen LogP contribution >= 0.6 is 0 Å². The second kappa shape index (κ2) is 6.48. The highest BCUT2D eigenvalue weighted by atomic mass is 16.1. The zero-order chi connectivity index (χ0) is 13.5. The van der Waals surface area contributed by atoms with Gasteiger partial charge in [0.25, 0.3) is 0 Å². The van der Waals surface area contributed by atoms with E-state index in [4.69, 9.17) is 0 Å². The molecular weight excluding hydrogens is 216 g/mol. The molecule has 1 unspecified atom stereocenters. The van der Waals surface area contributed by atoms with E-state index in [1.807, 2.05) is 27.7 Å². The van der Waals surface area contributed by atoms with Crippen molar-refractivity contribution >= 4 is 12.2 Å². The first-order valence-corrected chi connectivity index (χ1v) is 5.93. The van der Waals surface area contributed by atoms with Crippen molar-refractivity contribution in [2.24, 2.45) is 15.9 Å². The van der Waals surface area contributed by atoms with E-state index in [0.29, 0.717) is 5.92 Å².